The van der Waals surface area contributed by atoms with Crippen molar-refractivity contribution in [2.45, 2.75) is 6.18 Å². The molecule has 1 rings (SSSR count). The zero-order valence-electron chi connectivity index (χ0n) is 6.91. The Morgan fingerprint density at radius 2 is 2.14 bits per heavy atom. The van der Waals surface area contributed by atoms with Gasteiger partial charge in [0.2, 0.25) is 0 Å². The summed E-state index contributed by atoms with van der Waals surface area (Å²) in [4.78, 5) is 10.9. The highest BCUT2D eigenvalue weighted by Gasteiger charge is 2.48. The van der Waals surface area contributed by atoms with Gasteiger partial charge in [-0.2, -0.15) is 13.2 Å². The van der Waals surface area contributed by atoms with Crippen LogP contribution in [0.25, 0.3) is 0 Å². The van der Waals surface area contributed by atoms with Crippen molar-refractivity contribution in [1.82, 2.24) is 0 Å². The maximum atomic E-state index is 12.3. The molecule has 0 amide bonds. The lowest BCUT2D eigenvalue weighted by Gasteiger charge is -2.21. The van der Waals surface area contributed by atoms with Gasteiger partial charge in [-0.05, 0) is 12.2 Å². The van der Waals surface area contributed by atoms with Crippen LogP contribution in [0.1, 0.15) is 0 Å². The van der Waals surface area contributed by atoms with Crippen molar-refractivity contribution in [2.75, 3.05) is 6.79 Å². The van der Waals surface area contributed by atoms with Crippen molar-refractivity contribution >= 4 is 5.78 Å². The molecule has 0 fully saturated rings. The lowest BCUT2D eigenvalue weighted by molar-refractivity contribution is -0.180. The first-order valence-corrected chi connectivity index (χ1v) is 3.69. The quantitative estimate of drug-likeness (QED) is 0.692. The predicted octanol–water partition coefficient (Wildman–Crippen LogP) is 1.15. The Morgan fingerprint density at radius 1 is 1.50 bits per heavy atom. The Labute approximate surface area is 77.5 Å². The minimum Gasteiger partial charge on any atom is -0.471 e. The Bertz CT molecular complexity index is 291. The predicted molar refractivity (Wildman–Crippen MR) is 39.9 cm³/mol. The van der Waals surface area contributed by atoms with E-state index in [1.807, 2.05) is 0 Å². The molecular weight excluding hydrogens is 201 g/mol. The fraction of sp³-hybridized carbons (Fsp3) is 0.375. The molecule has 0 aromatic rings. The first kappa shape index (κ1) is 10.8. The second-order valence-corrected chi connectivity index (χ2v) is 2.58. The molecule has 1 aliphatic rings. The van der Waals surface area contributed by atoms with Gasteiger partial charge >= 0.3 is 6.18 Å². The van der Waals surface area contributed by atoms with E-state index in [0.717, 1.165) is 18.2 Å². The topological polar surface area (TPSA) is 46.5 Å². The molecule has 1 unspecified atom stereocenters. The summed E-state index contributed by atoms with van der Waals surface area (Å²) in [5.74, 6) is -3.96. The van der Waals surface area contributed by atoms with E-state index in [4.69, 9.17) is 5.11 Å². The van der Waals surface area contributed by atoms with E-state index in [9.17, 15) is 18.0 Å². The summed E-state index contributed by atoms with van der Waals surface area (Å²) >= 11 is 0. The molecule has 1 N–H and O–H groups in total. The van der Waals surface area contributed by atoms with Crippen molar-refractivity contribution < 1.29 is 27.8 Å². The number of carbonyl (C=O) groups excluding carboxylic acids is 1. The Hall–Kier alpha value is -1.30. The monoisotopic (exact) mass is 208 g/mol. The molecule has 1 aliphatic carbocycles. The number of hydrogen-bond acceptors (Lipinski definition) is 3. The number of aliphatic hydroxyl groups excluding tert-OH is 1. The highest BCUT2D eigenvalue weighted by atomic mass is 19.4. The van der Waals surface area contributed by atoms with Crippen molar-refractivity contribution in [2.24, 2.45) is 5.92 Å². The molecule has 0 radical (unpaired) electrons. The molecule has 3 nitrogen and oxygen atoms in total. The average Bonchev–Trinajstić information content (AvgIpc) is 2.02. The summed E-state index contributed by atoms with van der Waals surface area (Å²) < 4.78 is 41.2. The van der Waals surface area contributed by atoms with Crippen LogP contribution in [0, 0.1) is 5.92 Å². The second-order valence-electron chi connectivity index (χ2n) is 2.58. The number of ketones is 1. The van der Waals surface area contributed by atoms with Crippen LogP contribution in [0.15, 0.2) is 24.0 Å². The number of hydrogen-bond donors (Lipinski definition) is 1. The lowest BCUT2D eigenvalue weighted by atomic mass is 9.96. The highest BCUT2D eigenvalue weighted by molar-refractivity contribution is 5.95. The number of allylic oxidation sites excluding steroid dienone is 4. The minimum absolute atomic E-state index is 0.576. The van der Waals surface area contributed by atoms with E-state index >= 15 is 0 Å². The molecule has 0 saturated carbocycles. The van der Waals surface area contributed by atoms with E-state index in [1.165, 1.54) is 0 Å². The molecule has 0 aromatic heterocycles. The van der Waals surface area contributed by atoms with Crippen LogP contribution in [-0.4, -0.2) is 23.9 Å². The van der Waals surface area contributed by atoms with Crippen LogP contribution < -0.4 is 0 Å². The average molecular weight is 208 g/mol. The maximum absolute atomic E-state index is 12.3. The molecule has 78 valence electrons. The van der Waals surface area contributed by atoms with Crippen molar-refractivity contribution in [1.29, 1.82) is 0 Å². The van der Waals surface area contributed by atoms with E-state index < -0.39 is 30.4 Å². The number of ether oxygens (including phenoxy) is 1. The normalized spacial score (nSPS) is 22.1. The molecule has 0 spiro atoms. The van der Waals surface area contributed by atoms with E-state index in [1.54, 1.807) is 0 Å². The van der Waals surface area contributed by atoms with Gasteiger partial charge in [0.05, 0.1) is 0 Å². The molecule has 0 heterocycles. The van der Waals surface area contributed by atoms with Crippen molar-refractivity contribution in [3.8, 4) is 0 Å². The summed E-state index contributed by atoms with van der Waals surface area (Å²) in [5, 5.41) is 8.32. The first-order valence-electron chi connectivity index (χ1n) is 3.69. The summed E-state index contributed by atoms with van der Waals surface area (Å²) in [6.45, 7) is -0.889. The van der Waals surface area contributed by atoms with Crippen molar-refractivity contribution in [3.05, 3.63) is 24.0 Å². The van der Waals surface area contributed by atoms with Crippen LogP contribution >= 0.6 is 0 Å². The number of carbonyl (C=O) groups is 1. The zero-order chi connectivity index (χ0) is 10.8. The Balaban J connectivity index is 2.94. The fourth-order valence-corrected chi connectivity index (χ4v) is 1.10. The number of aliphatic hydroxyl groups is 1. The SMILES string of the molecule is O=C1C=CC=C(OCO)C1C(F)(F)F. The molecule has 0 bridgehead atoms. The van der Waals surface area contributed by atoms with E-state index in [0.29, 0.717) is 0 Å². The summed E-state index contributed by atoms with van der Waals surface area (Å²) in [6, 6.07) is 0. The summed E-state index contributed by atoms with van der Waals surface area (Å²) in [6.07, 6.45) is -1.71. The van der Waals surface area contributed by atoms with Crippen LogP contribution in [0.2, 0.25) is 0 Å². The number of alkyl halides is 3. The fourth-order valence-electron chi connectivity index (χ4n) is 1.10. The molecular formula is C8H7F3O3. The van der Waals surface area contributed by atoms with E-state index in [2.05, 4.69) is 4.74 Å². The lowest BCUT2D eigenvalue weighted by Crippen LogP contribution is -2.33. The van der Waals surface area contributed by atoms with E-state index in [-0.39, 0.29) is 0 Å². The van der Waals surface area contributed by atoms with Crippen LogP contribution in [-0.2, 0) is 9.53 Å². The van der Waals surface area contributed by atoms with Gasteiger partial charge in [-0.3, -0.25) is 4.79 Å². The van der Waals surface area contributed by atoms with Crippen LogP contribution in [0.3, 0.4) is 0 Å². The smallest absolute Gasteiger partial charge is 0.405 e. The minimum atomic E-state index is -4.69. The van der Waals surface area contributed by atoms with Gasteiger partial charge in [-0.25, -0.2) is 0 Å². The number of halogens is 3. The third-order valence-corrected chi connectivity index (χ3v) is 1.65. The van der Waals surface area contributed by atoms with Gasteiger partial charge in [-0.15, -0.1) is 0 Å². The molecule has 14 heavy (non-hydrogen) atoms. The summed E-state index contributed by atoms with van der Waals surface area (Å²) in [5.41, 5.74) is 0. The Morgan fingerprint density at radius 3 is 2.64 bits per heavy atom. The van der Waals surface area contributed by atoms with Gasteiger partial charge in [0, 0.05) is 0 Å². The van der Waals surface area contributed by atoms with Gasteiger partial charge < -0.3 is 9.84 Å². The second kappa shape index (κ2) is 3.83. The van der Waals surface area contributed by atoms with Gasteiger partial charge in [0.15, 0.2) is 18.5 Å². The van der Waals surface area contributed by atoms with Gasteiger partial charge in [0.1, 0.15) is 5.76 Å². The molecule has 0 aliphatic heterocycles. The largest absolute Gasteiger partial charge is 0.471 e. The number of rotatable bonds is 2. The molecule has 0 saturated heterocycles. The standard InChI is InChI=1S/C8H7F3O3/c9-8(10,11)7-5(13)2-1-3-6(7)14-4-12/h1-3,7,12H,4H2. The molecule has 6 heteroatoms. The third-order valence-electron chi connectivity index (χ3n) is 1.65. The first-order chi connectivity index (χ1) is 6.46. The van der Waals surface area contributed by atoms with Gasteiger partial charge in [0.25, 0.3) is 0 Å². The molecule has 1 atom stereocenters. The third kappa shape index (κ3) is 2.14. The van der Waals surface area contributed by atoms with Gasteiger partial charge in [-0.1, -0.05) is 6.08 Å². The zero-order valence-corrected chi connectivity index (χ0v) is 6.91. The van der Waals surface area contributed by atoms with Crippen LogP contribution in [0.4, 0.5) is 13.2 Å². The highest BCUT2D eigenvalue weighted by Crippen LogP contribution is 2.35. The Kier molecular flexibility index (Phi) is 2.95. The maximum Gasteiger partial charge on any atom is 0.405 e. The summed E-state index contributed by atoms with van der Waals surface area (Å²) in [7, 11) is 0. The molecule has 0 aromatic carbocycles. The van der Waals surface area contributed by atoms with Crippen molar-refractivity contribution in [3.63, 3.8) is 0 Å². The van der Waals surface area contributed by atoms with Crippen LogP contribution in [0.5, 0.6) is 0 Å².